The molecule has 0 aliphatic carbocycles. The van der Waals surface area contributed by atoms with Gasteiger partial charge in [0.25, 0.3) is 0 Å². The first-order valence-electron chi connectivity index (χ1n) is 6.01. The molecule has 0 aliphatic rings. The summed E-state index contributed by atoms with van der Waals surface area (Å²) in [5, 5.41) is 2.89. The molecule has 0 spiro atoms. The van der Waals surface area contributed by atoms with E-state index in [9.17, 15) is 0 Å². The first kappa shape index (κ1) is 13.6. The molecule has 1 unspecified atom stereocenters. The van der Waals surface area contributed by atoms with Crippen LogP contribution in [0.15, 0.2) is 35.7 Å². The van der Waals surface area contributed by atoms with Gasteiger partial charge in [-0.25, -0.2) is 0 Å². The quantitative estimate of drug-likeness (QED) is 0.647. The number of thiophene rings is 1. The van der Waals surface area contributed by atoms with Gasteiger partial charge in [0.2, 0.25) is 0 Å². The first-order chi connectivity index (χ1) is 8.74. The molecule has 1 aromatic heterocycles. The Kier molecular flexibility index (Phi) is 4.78. The topological polar surface area (TPSA) is 38.0 Å². The number of nitrogens with two attached hydrogens (primary N) is 1. The average Bonchev–Trinajstić information content (AvgIpc) is 2.86. The van der Waals surface area contributed by atoms with Crippen molar-refractivity contribution in [3.8, 4) is 0 Å². The van der Waals surface area contributed by atoms with Crippen LogP contribution >= 0.6 is 22.9 Å². The summed E-state index contributed by atoms with van der Waals surface area (Å²) in [5.41, 5.74) is 5.53. The van der Waals surface area contributed by atoms with Crippen molar-refractivity contribution in [2.24, 2.45) is 5.84 Å². The van der Waals surface area contributed by atoms with Crippen molar-refractivity contribution in [1.29, 1.82) is 0 Å². The van der Waals surface area contributed by atoms with E-state index in [4.69, 9.17) is 17.4 Å². The Morgan fingerprint density at radius 2 is 2.00 bits per heavy atom. The third kappa shape index (κ3) is 3.12. The minimum Gasteiger partial charge on any atom is -0.271 e. The fourth-order valence-corrected chi connectivity index (χ4v) is 3.21. The molecule has 4 heteroatoms. The molecule has 2 rings (SSSR count). The summed E-state index contributed by atoms with van der Waals surface area (Å²) in [5.74, 6) is 5.70. The first-order valence-corrected chi connectivity index (χ1v) is 7.27. The van der Waals surface area contributed by atoms with Gasteiger partial charge >= 0.3 is 0 Å². The molecular formula is C14H17ClN2S. The van der Waals surface area contributed by atoms with E-state index in [1.807, 2.05) is 24.3 Å². The highest BCUT2D eigenvalue weighted by Gasteiger charge is 2.15. The third-order valence-electron chi connectivity index (χ3n) is 3.03. The molecule has 0 amide bonds. The number of halogens is 1. The molecule has 0 fully saturated rings. The second-order valence-corrected chi connectivity index (χ2v) is 5.60. The van der Waals surface area contributed by atoms with E-state index in [1.54, 1.807) is 11.3 Å². The Morgan fingerprint density at radius 3 is 2.61 bits per heavy atom. The zero-order chi connectivity index (χ0) is 13.0. The summed E-state index contributed by atoms with van der Waals surface area (Å²) < 4.78 is 0. The number of rotatable bonds is 5. The largest absolute Gasteiger partial charge is 0.271 e. The van der Waals surface area contributed by atoms with Crippen molar-refractivity contribution in [3.05, 3.63) is 56.7 Å². The number of benzene rings is 1. The van der Waals surface area contributed by atoms with Gasteiger partial charge in [-0.1, -0.05) is 30.7 Å². The predicted octanol–water partition coefficient (Wildman–Crippen LogP) is 3.71. The molecule has 18 heavy (non-hydrogen) atoms. The van der Waals surface area contributed by atoms with Gasteiger partial charge in [0.05, 0.1) is 6.04 Å². The van der Waals surface area contributed by atoms with Gasteiger partial charge in [0.1, 0.15) is 0 Å². The summed E-state index contributed by atoms with van der Waals surface area (Å²) in [6.07, 6.45) is 1.92. The minimum absolute atomic E-state index is 0.168. The standard InChI is InChI=1S/C14H17ClN2S/c1-2-11-7-8-18-14(11)13(17-16)9-10-3-5-12(15)6-4-10/h3-8,13,17H,2,9,16H2,1H3. The van der Waals surface area contributed by atoms with E-state index in [2.05, 4.69) is 23.8 Å². The van der Waals surface area contributed by atoms with Crippen LogP contribution in [-0.4, -0.2) is 0 Å². The molecule has 1 atom stereocenters. The smallest absolute Gasteiger partial charge is 0.0596 e. The summed E-state index contributed by atoms with van der Waals surface area (Å²) in [4.78, 5) is 1.33. The maximum absolute atomic E-state index is 5.89. The van der Waals surface area contributed by atoms with Crippen LogP contribution in [0.3, 0.4) is 0 Å². The van der Waals surface area contributed by atoms with Gasteiger partial charge in [0, 0.05) is 9.90 Å². The molecule has 2 aromatic rings. The van der Waals surface area contributed by atoms with Gasteiger partial charge in [0.15, 0.2) is 0 Å². The van der Waals surface area contributed by atoms with Gasteiger partial charge < -0.3 is 0 Å². The molecule has 0 radical (unpaired) electrons. The van der Waals surface area contributed by atoms with Crippen molar-refractivity contribution in [2.45, 2.75) is 25.8 Å². The van der Waals surface area contributed by atoms with Crippen LogP contribution in [0.25, 0.3) is 0 Å². The number of hydrogen-bond acceptors (Lipinski definition) is 3. The molecule has 1 aromatic carbocycles. The summed E-state index contributed by atoms with van der Waals surface area (Å²) in [7, 11) is 0. The lowest BCUT2D eigenvalue weighted by molar-refractivity contribution is 0.557. The summed E-state index contributed by atoms with van der Waals surface area (Å²) in [6, 6.07) is 10.3. The highest BCUT2D eigenvalue weighted by atomic mass is 35.5. The van der Waals surface area contributed by atoms with Crippen LogP contribution in [0.4, 0.5) is 0 Å². The number of hydrazine groups is 1. The Hall–Kier alpha value is -0.870. The molecule has 2 nitrogen and oxygen atoms in total. The monoisotopic (exact) mass is 280 g/mol. The van der Waals surface area contributed by atoms with Crippen LogP contribution < -0.4 is 11.3 Å². The van der Waals surface area contributed by atoms with E-state index in [0.717, 1.165) is 17.9 Å². The summed E-state index contributed by atoms with van der Waals surface area (Å²) in [6.45, 7) is 2.17. The molecule has 0 bridgehead atoms. The van der Waals surface area contributed by atoms with Gasteiger partial charge in [-0.3, -0.25) is 11.3 Å². The Balaban J connectivity index is 2.17. The normalized spacial score (nSPS) is 12.6. The van der Waals surface area contributed by atoms with Crippen molar-refractivity contribution in [2.75, 3.05) is 0 Å². The van der Waals surface area contributed by atoms with Crippen LogP contribution in [0.1, 0.15) is 29.0 Å². The highest BCUT2D eigenvalue weighted by molar-refractivity contribution is 7.10. The molecular weight excluding hydrogens is 264 g/mol. The molecule has 3 N–H and O–H groups in total. The van der Waals surface area contributed by atoms with E-state index < -0.39 is 0 Å². The summed E-state index contributed by atoms with van der Waals surface area (Å²) >= 11 is 7.65. The van der Waals surface area contributed by atoms with Gasteiger partial charge in [-0.15, -0.1) is 11.3 Å². The predicted molar refractivity (Wildman–Crippen MR) is 78.9 cm³/mol. The average molecular weight is 281 g/mol. The molecule has 1 heterocycles. The molecule has 96 valence electrons. The van der Waals surface area contributed by atoms with Crippen LogP contribution in [0.2, 0.25) is 5.02 Å². The van der Waals surface area contributed by atoms with Crippen molar-refractivity contribution >= 4 is 22.9 Å². The third-order valence-corrected chi connectivity index (χ3v) is 4.36. The fraction of sp³-hybridized carbons (Fsp3) is 0.286. The number of hydrogen-bond donors (Lipinski definition) is 2. The minimum atomic E-state index is 0.168. The Labute approximate surface area is 117 Å². The van der Waals surface area contributed by atoms with Crippen molar-refractivity contribution in [3.63, 3.8) is 0 Å². The molecule has 0 saturated carbocycles. The lowest BCUT2D eigenvalue weighted by Gasteiger charge is -2.16. The second-order valence-electron chi connectivity index (χ2n) is 4.21. The van der Waals surface area contributed by atoms with Gasteiger partial charge in [-0.2, -0.15) is 0 Å². The second kappa shape index (κ2) is 6.34. The zero-order valence-electron chi connectivity index (χ0n) is 10.3. The SMILES string of the molecule is CCc1ccsc1C(Cc1ccc(Cl)cc1)NN. The van der Waals surface area contributed by atoms with E-state index in [1.165, 1.54) is 16.0 Å². The highest BCUT2D eigenvalue weighted by Crippen LogP contribution is 2.27. The number of aryl methyl sites for hydroxylation is 1. The van der Waals surface area contributed by atoms with Crippen LogP contribution in [-0.2, 0) is 12.8 Å². The van der Waals surface area contributed by atoms with E-state index >= 15 is 0 Å². The van der Waals surface area contributed by atoms with Crippen molar-refractivity contribution < 1.29 is 0 Å². The zero-order valence-corrected chi connectivity index (χ0v) is 11.9. The maximum atomic E-state index is 5.89. The Bertz CT molecular complexity index is 493. The number of nitrogens with one attached hydrogen (secondary N) is 1. The Morgan fingerprint density at radius 1 is 1.28 bits per heavy atom. The van der Waals surface area contributed by atoms with Crippen LogP contribution in [0.5, 0.6) is 0 Å². The van der Waals surface area contributed by atoms with Gasteiger partial charge in [-0.05, 0) is 47.5 Å². The fourth-order valence-electron chi connectivity index (χ4n) is 2.03. The lowest BCUT2D eigenvalue weighted by Crippen LogP contribution is -2.29. The van der Waals surface area contributed by atoms with Crippen molar-refractivity contribution in [1.82, 2.24) is 5.43 Å². The maximum Gasteiger partial charge on any atom is 0.0596 e. The van der Waals surface area contributed by atoms with E-state index in [-0.39, 0.29) is 6.04 Å². The molecule has 0 aliphatic heterocycles. The van der Waals surface area contributed by atoms with Crippen LogP contribution in [0, 0.1) is 0 Å². The van der Waals surface area contributed by atoms with E-state index in [0.29, 0.717) is 0 Å². The molecule has 0 saturated heterocycles. The lowest BCUT2D eigenvalue weighted by atomic mass is 10.0.